The zero-order chi connectivity index (χ0) is 47.2. The standard InChI is InChI=1S/C66H45N5/c1-66(2)54-31-15-12-26-47(54)48-38-37-45(40-55(48)66)64-67-63(43-22-8-4-9-23-43)68-65(69-64)53-39-36-44(42-20-6-3-7-21-42)41-60(53)71-57-33-17-14-28-52(57)62-50(30-19-35-59(62)71)49-29-18-34-58-61(49)51-27-13-16-32-56(51)70(58)46-24-10-5-11-25-46/h3-41H,1-2H3. The van der Waals surface area contributed by atoms with E-state index in [0.717, 1.165) is 50.2 Å². The van der Waals surface area contributed by atoms with E-state index in [1.807, 2.05) is 18.2 Å². The molecular weight excluding hydrogens is 863 g/mol. The van der Waals surface area contributed by atoms with E-state index in [1.54, 1.807) is 0 Å². The molecule has 5 nitrogen and oxygen atoms in total. The Labute approximate surface area is 411 Å². The molecule has 0 saturated heterocycles. The van der Waals surface area contributed by atoms with Crippen molar-refractivity contribution in [3.05, 3.63) is 248 Å². The summed E-state index contributed by atoms with van der Waals surface area (Å²) < 4.78 is 4.83. The van der Waals surface area contributed by atoms with Crippen LogP contribution in [0, 0.1) is 0 Å². The molecule has 0 radical (unpaired) electrons. The van der Waals surface area contributed by atoms with Crippen LogP contribution in [-0.4, -0.2) is 24.1 Å². The Balaban J connectivity index is 1.03. The third-order valence-electron chi connectivity index (χ3n) is 14.8. The van der Waals surface area contributed by atoms with Crippen LogP contribution in [0.4, 0.5) is 0 Å². The first-order valence-electron chi connectivity index (χ1n) is 24.4. The van der Waals surface area contributed by atoms with Gasteiger partial charge in [-0.2, -0.15) is 0 Å². The minimum atomic E-state index is -0.180. The zero-order valence-electron chi connectivity index (χ0n) is 39.3. The number of rotatable bonds is 7. The molecule has 0 unspecified atom stereocenters. The van der Waals surface area contributed by atoms with Crippen LogP contribution in [0.5, 0.6) is 0 Å². The Bertz CT molecular complexity index is 4240. The van der Waals surface area contributed by atoms with Gasteiger partial charge in [0, 0.05) is 49.3 Å². The van der Waals surface area contributed by atoms with Gasteiger partial charge in [-0.15, -0.1) is 0 Å². The molecule has 1 aliphatic carbocycles. The van der Waals surface area contributed by atoms with Crippen LogP contribution in [0.15, 0.2) is 237 Å². The van der Waals surface area contributed by atoms with Crippen molar-refractivity contribution in [2.75, 3.05) is 0 Å². The minimum absolute atomic E-state index is 0.180. The molecule has 0 aliphatic heterocycles. The van der Waals surface area contributed by atoms with Gasteiger partial charge in [-0.1, -0.05) is 196 Å². The maximum Gasteiger partial charge on any atom is 0.166 e. The number of fused-ring (bicyclic) bond motifs is 9. The third-order valence-corrected chi connectivity index (χ3v) is 14.8. The van der Waals surface area contributed by atoms with Crippen LogP contribution in [0.2, 0.25) is 0 Å². The van der Waals surface area contributed by atoms with Crippen molar-refractivity contribution in [3.63, 3.8) is 0 Å². The van der Waals surface area contributed by atoms with E-state index in [2.05, 4.69) is 241 Å². The SMILES string of the molecule is CC1(C)c2ccccc2-c2ccc(-c3nc(-c4ccccc4)nc(-c4ccc(-c5ccccc5)cc4-n4c5ccccc5c5c(-c6cccc7c6c6ccccc6n7-c6ccccc6)cccc54)n3)cc21. The first-order chi connectivity index (χ1) is 35.0. The van der Waals surface area contributed by atoms with Gasteiger partial charge in [0.15, 0.2) is 17.5 Å². The van der Waals surface area contributed by atoms with Gasteiger partial charge in [0.2, 0.25) is 0 Å². The predicted octanol–water partition coefficient (Wildman–Crippen LogP) is 16.7. The number of benzene rings is 10. The van der Waals surface area contributed by atoms with Gasteiger partial charge in [-0.25, -0.2) is 15.0 Å². The summed E-state index contributed by atoms with van der Waals surface area (Å²) >= 11 is 0. The number of hydrogen-bond donors (Lipinski definition) is 0. The average Bonchev–Trinajstić information content (AvgIpc) is 4.04. The number of para-hydroxylation sites is 3. The summed E-state index contributed by atoms with van der Waals surface area (Å²) in [6.45, 7) is 4.63. The lowest BCUT2D eigenvalue weighted by molar-refractivity contribution is 0.660. The molecule has 13 aromatic rings. The Morgan fingerprint density at radius 3 is 1.48 bits per heavy atom. The van der Waals surface area contributed by atoms with Crippen LogP contribution in [0.25, 0.3) is 123 Å². The molecule has 0 atom stereocenters. The molecule has 14 rings (SSSR count). The summed E-state index contributed by atoms with van der Waals surface area (Å²) in [4.78, 5) is 16.1. The van der Waals surface area contributed by atoms with Crippen molar-refractivity contribution in [2.45, 2.75) is 19.3 Å². The fraction of sp³-hybridized carbons (Fsp3) is 0.0455. The molecule has 71 heavy (non-hydrogen) atoms. The minimum Gasteiger partial charge on any atom is -0.309 e. The first kappa shape index (κ1) is 40.8. The highest BCUT2D eigenvalue weighted by Crippen LogP contribution is 2.50. The van der Waals surface area contributed by atoms with Crippen molar-refractivity contribution in [1.29, 1.82) is 0 Å². The molecule has 10 aromatic carbocycles. The second-order valence-corrected chi connectivity index (χ2v) is 19.1. The Kier molecular flexibility index (Phi) is 9.17. The van der Waals surface area contributed by atoms with Crippen molar-refractivity contribution in [3.8, 4) is 78.9 Å². The maximum atomic E-state index is 5.47. The van der Waals surface area contributed by atoms with E-state index in [4.69, 9.17) is 15.0 Å². The summed E-state index contributed by atoms with van der Waals surface area (Å²) in [6.07, 6.45) is 0. The fourth-order valence-electron chi connectivity index (χ4n) is 11.5. The van der Waals surface area contributed by atoms with Crippen LogP contribution in [-0.2, 0) is 5.41 Å². The second kappa shape index (κ2) is 15.9. The number of aromatic nitrogens is 5. The largest absolute Gasteiger partial charge is 0.309 e. The van der Waals surface area contributed by atoms with E-state index < -0.39 is 0 Å². The highest BCUT2D eigenvalue weighted by Gasteiger charge is 2.35. The lowest BCUT2D eigenvalue weighted by Crippen LogP contribution is -2.15. The molecule has 0 spiro atoms. The normalized spacial score (nSPS) is 12.8. The molecule has 0 N–H and O–H groups in total. The second-order valence-electron chi connectivity index (χ2n) is 19.1. The molecular formula is C66H45N5. The van der Waals surface area contributed by atoms with E-state index >= 15 is 0 Å². The van der Waals surface area contributed by atoms with Gasteiger partial charge in [0.25, 0.3) is 0 Å². The molecule has 0 fully saturated rings. The smallest absolute Gasteiger partial charge is 0.166 e. The van der Waals surface area contributed by atoms with E-state index in [1.165, 1.54) is 66.0 Å². The van der Waals surface area contributed by atoms with E-state index in [9.17, 15) is 0 Å². The van der Waals surface area contributed by atoms with Gasteiger partial charge in [-0.05, 0) is 99.1 Å². The molecule has 1 aliphatic rings. The van der Waals surface area contributed by atoms with Crippen LogP contribution < -0.4 is 0 Å². The molecule has 334 valence electrons. The van der Waals surface area contributed by atoms with Crippen LogP contribution in [0.1, 0.15) is 25.0 Å². The Morgan fingerprint density at radius 1 is 0.310 bits per heavy atom. The maximum absolute atomic E-state index is 5.47. The van der Waals surface area contributed by atoms with E-state index in [0.29, 0.717) is 17.5 Å². The predicted molar refractivity (Wildman–Crippen MR) is 293 cm³/mol. The fourth-order valence-corrected chi connectivity index (χ4v) is 11.5. The molecule has 0 bridgehead atoms. The Morgan fingerprint density at radius 2 is 0.789 bits per heavy atom. The third kappa shape index (κ3) is 6.36. The molecule has 3 heterocycles. The van der Waals surface area contributed by atoms with E-state index in [-0.39, 0.29) is 5.41 Å². The molecule has 0 amide bonds. The average molecular weight is 908 g/mol. The van der Waals surface area contributed by atoms with Gasteiger partial charge in [0.05, 0.1) is 27.8 Å². The van der Waals surface area contributed by atoms with Crippen LogP contribution in [0.3, 0.4) is 0 Å². The van der Waals surface area contributed by atoms with Gasteiger partial charge < -0.3 is 9.13 Å². The molecule has 3 aromatic heterocycles. The summed E-state index contributed by atoms with van der Waals surface area (Å²) in [5.41, 5.74) is 19.0. The number of nitrogens with zero attached hydrogens (tertiary/aromatic N) is 5. The lowest BCUT2D eigenvalue weighted by Gasteiger charge is -2.22. The lowest BCUT2D eigenvalue weighted by atomic mass is 9.82. The van der Waals surface area contributed by atoms with Crippen molar-refractivity contribution in [2.24, 2.45) is 0 Å². The van der Waals surface area contributed by atoms with Crippen LogP contribution >= 0.6 is 0 Å². The van der Waals surface area contributed by atoms with Gasteiger partial charge >= 0.3 is 0 Å². The molecule has 5 heteroatoms. The van der Waals surface area contributed by atoms with Gasteiger partial charge in [-0.3, -0.25) is 0 Å². The highest BCUT2D eigenvalue weighted by molar-refractivity contribution is 6.22. The summed E-state index contributed by atoms with van der Waals surface area (Å²) in [5, 5.41) is 4.80. The van der Waals surface area contributed by atoms with Crippen molar-refractivity contribution < 1.29 is 0 Å². The Hall–Kier alpha value is -9.19. The monoisotopic (exact) mass is 907 g/mol. The highest BCUT2D eigenvalue weighted by atomic mass is 15.1. The van der Waals surface area contributed by atoms with Crippen molar-refractivity contribution >= 4 is 43.6 Å². The number of hydrogen-bond acceptors (Lipinski definition) is 3. The topological polar surface area (TPSA) is 48.5 Å². The molecule has 0 saturated carbocycles. The summed E-state index contributed by atoms with van der Waals surface area (Å²) in [5.74, 6) is 1.86. The zero-order valence-corrected chi connectivity index (χ0v) is 39.3. The summed E-state index contributed by atoms with van der Waals surface area (Å²) in [7, 11) is 0. The van der Waals surface area contributed by atoms with Gasteiger partial charge in [0.1, 0.15) is 0 Å². The summed E-state index contributed by atoms with van der Waals surface area (Å²) in [6, 6.07) is 85.0. The quantitative estimate of drug-likeness (QED) is 0.160. The van der Waals surface area contributed by atoms with Crippen molar-refractivity contribution in [1.82, 2.24) is 24.1 Å². The first-order valence-corrected chi connectivity index (χ1v) is 24.4.